The summed E-state index contributed by atoms with van der Waals surface area (Å²) < 4.78 is 1.73. The van der Waals surface area contributed by atoms with E-state index >= 15 is 0 Å². The maximum atomic E-state index is 10.9. The van der Waals surface area contributed by atoms with Gasteiger partial charge in [0.1, 0.15) is 6.04 Å². The Bertz CT molecular complexity index is 259. The van der Waals surface area contributed by atoms with Gasteiger partial charge in [-0.3, -0.25) is 0 Å². The second-order valence-electron chi connectivity index (χ2n) is 2.77. The lowest BCUT2D eigenvalue weighted by molar-refractivity contribution is -0.140. The summed E-state index contributed by atoms with van der Waals surface area (Å²) in [5, 5.41) is 8.94. The van der Waals surface area contributed by atoms with Crippen molar-refractivity contribution in [1.82, 2.24) is 4.57 Å². The van der Waals surface area contributed by atoms with E-state index in [1.807, 2.05) is 18.4 Å². The first-order valence-corrected chi connectivity index (χ1v) is 5.49. The van der Waals surface area contributed by atoms with Crippen LogP contribution in [0.4, 0.5) is 0 Å². The van der Waals surface area contributed by atoms with E-state index in [-0.39, 0.29) is 0 Å². The highest BCUT2D eigenvalue weighted by atomic mass is 32.2. The molecule has 72 valence electrons. The van der Waals surface area contributed by atoms with Crippen LogP contribution in [0.2, 0.25) is 0 Å². The van der Waals surface area contributed by atoms with Crippen molar-refractivity contribution in [3.8, 4) is 0 Å². The molecule has 0 aliphatic rings. The smallest absolute Gasteiger partial charge is 0.326 e. The lowest BCUT2D eigenvalue weighted by Gasteiger charge is -2.13. The van der Waals surface area contributed by atoms with Crippen LogP contribution < -0.4 is 0 Å². The number of rotatable bonds is 5. The molecule has 1 rings (SSSR count). The summed E-state index contributed by atoms with van der Waals surface area (Å²) in [4.78, 5) is 10.9. The number of aliphatic carboxylic acids is 1. The number of carbonyl (C=O) groups is 1. The van der Waals surface area contributed by atoms with Crippen LogP contribution in [-0.2, 0) is 4.79 Å². The summed E-state index contributed by atoms with van der Waals surface area (Å²) in [5.74, 6) is 0.111. The highest BCUT2D eigenvalue weighted by Crippen LogP contribution is 2.14. The third kappa shape index (κ3) is 2.81. The van der Waals surface area contributed by atoms with Gasteiger partial charge in [-0.15, -0.1) is 0 Å². The molecule has 0 saturated carbocycles. The maximum absolute atomic E-state index is 10.9. The van der Waals surface area contributed by atoms with E-state index in [1.54, 1.807) is 28.7 Å². The van der Waals surface area contributed by atoms with Gasteiger partial charge in [-0.1, -0.05) is 0 Å². The van der Waals surface area contributed by atoms with Crippen LogP contribution in [-0.4, -0.2) is 27.7 Å². The summed E-state index contributed by atoms with van der Waals surface area (Å²) in [6, 6.07) is 3.27. The number of hydrogen-bond acceptors (Lipinski definition) is 2. The monoisotopic (exact) mass is 199 g/mol. The van der Waals surface area contributed by atoms with Crippen molar-refractivity contribution in [3.63, 3.8) is 0 Å². The fourth-order valence-corrected chi connectivity index (χ4v) is 1.64. The number of thioether (sulfide) groups is 1. The van der Waals surface area contributed by atoms with Crippen molar-refractivity contribution >= 4 is 17.7 Å². The van der Waals surface area contributed by atoms with E-state index in [0.29, 0.717) is 6.42 Å². The van der Waals surface area contributed by atoms with Crippen molar-refractivity contribution in [1.29, 1.82) is 0 Å². The third-order valence-electron chi connectivity index (χ3n) is 1.87. The van der Waals surface area contributed by atoms with Gasteiger partial charge < -0.3 is 9.67 Å². The first-order valence-electron chi connectivity index (χ1n) is 4.10. The lowest BCUT2D eigenvalue weighted by Crippen LogP contribution is -2.18. The summed E-state index contributed by atoms with van der Waals surface area (Å²) in [6.07, 6.45) is 6.23. The molecule has 0 spiro atoms. The van der Waals surface area contributed by atoms with Gasteiger partial charge in [0, 0.05) is 12.4 Å². The van der Waals surface area contributed by atoms with Gasteiger partial charge in [0.25, 0.3) is 0 Å². The molecule has 0 unspecified atom stereocenters. The number of carboxylic acids is 1. The van der Waals surface area contributed by atoms with E-state index in [2.05, 4.69) is 0 Å². The van der Waals surface area contributed by atoms with Gasteiger partial charge in [-0.2, -0.15) is 11.8 Å². The zero-order valence-corrected chi connectivity index (χ0v) is 8.33. The second kappa shape index (κ2) is 4.97. The fourth-order valence-electron chi connectivity index (χ4n) is 1.19. The van der Waals surface area contributed by atoms with Crippen LogP contribution in [0.15, 0.2) is 24.5 Å². The van der Waals surface area contributed by atoms with Crippen molar-refractivity contribution < 1.29 is 9.90 Å². The van der Waals surface area contributed by atoms with Gasteiger partial charge in [-0.25, -0.2) is 4.79 Å². The molecule has 0 saturated heterocycles. The number of aromatic nitrogens is 1. The van der Waals surface area contributed by atoms with E-state index in [9.17, 15) is 4.79 Å². The zero-order valence-electron chi connectivity index (χ0n) is 7.51. The first-order chi connectivity index (χ1) is 6.25. The molecule has 0 fully saturated rings. The van der Waals surface area contributed by atoms with Crippen LogP contribution in [0.5, 0.6) is 0 Å². The predicted octanol–water partition coefficient (Wildman–Crippen LogP) is 1.87. The Hall–Kier alpha value is -0.900. The Labute approximate surface area is 81.8 Å². The van der Waals surface area contributed by atoms with Crippen molar-refractivity contribution in [2.75, 3.05) is 12.0 Å². The molecule has 13 heavy (non-hydrogen) atoms. The minimum absolute atomic E-state index is 0.414. The molecule has 1 aromatic heterocycles. The average molecular weight is 199 g/mol. The van der Waals surface area contributed by atoms with Crippen LogP contribution in [0.3, 0.4) is 0 Å². The number of nitrogens with zero attached hydrogens (tertiary/aromatic N) is 1. The molecule has 0 amide bonds. The molecule has 1 atom stereocenters. The first kappa shape index (κ1) is 10.2. The largest absolute Gasteiger partial charge is 0.480 e. The highest BCUT2D eigenvalue weighted by molar-refractivity contribution is 7.98. The summed E-state index contributed by atoms with van der Waals surface area (Å²) in [7, 11) is 0. The van der Waals surface area contributed by atoms with Crippen LogP contribution in [0.25, 0.3) is 0 Å². The molecule has 4 heteroatoms. The Morgan fingerprint density at radius 1 is 1.54 bits per heavy atom. The molecule has 1 heterocycles. The fraction of sp³-hybridized carbons (Fsp3) is 0.444. The molecule has 1 N–H and O–H groups in total. The Balaban J connectivity index is 2.63. The predicted molar refractivity (Wildman–Crippen MR) is 54.1 cm³/mol. The van der Waals surface area contributed by atoms with Gasteiger partial charge in [0.2, 0.25) is 0 Å². The van der Waals surface area contributed by atoms with Gasteiger partial charge in [-0.05, 0) is 30.6 Å². The van der Waals surface area contributed by atoms with Crippen LogP contribution in [0.1, 0.15) is 12.5 Å². The second-order valence-corrected chi connectivity index (χ2v) is 3.75. The maximum Gasteiger partial charge on any atom is 0.326 e. The number of hydrogen-bond donors (Lipinski definition) is 1. The van der Waals surface area contributed by atoms with E-state index in [1.165, 1.54) is 0 Å². The van der Waals surface area contributed by atoms with Gasteiger partial charge >= 0.3 is 5.97 Å². The summed E-state index contributed by atoms with van der Waals surface area (Å²) >= 11 is 1.67. The SMILES string of the molecule is CSCC[C@@H](C(=O)O)n1cccc1. The molecule has 0 aliphatic carbocycles. The van der Waals surface area contributed by atoms with Gasteiger partial charge in [0.15, 0.2) is 0 Å². The minimum Gasteiger partial charge on any atom is -0.480 e. The lowest BCUT2D eigenvalue weighted by atomic mass is 10.2. The van der Waals surface area contributed by atoms with E-state index in [4.69, 9.17) is 5.11 Å². The molecule has 0 aromatic carbocycles. The third-order valence-corrected chi connectivity index (χ3v) is 2.51. The minimum atomic E-state index is -0.759. The summed E-state index contributed by atoms with van der Waals surface area (Å²) in [6.45, 7) is 0. The van der Waals surface area contributed by atoms with E-state index in [0.717, 1.165) is 5.75 Å². The normalized spacial score (nSPS) is 12.7. The molecule has 0 bridgehead atoms. The average Bonchev–Trinajstić information content (AvgIpc) is 2.57. The quantitative estimate of drug-likeness (QED) is 0.787. The van der Waals surface area contributed by atoms with E-state index < -0.39 is 12.0 Å². The standard InChI is InChI=1S/C9H13NO2S/c1-13-7-4-8(9(11)12)10-5-2-3-6-10/h2-3,5-6,8H,4,7H2,1H3,(H,11,12)/t8-/m0/s1. The van der Waals surface area contributed by atoms with Crippen LogP contribution >= 0.6 is 11.8 Å². The molecule has 3 nitrogen and oxygen atoms in total. The van der Waals surface area contributed by atoms with Gasteiger partial charge in [0.05, 0.1) is 0 Å². The Kier molecular flexibility index (Phi) is 3.89. The Morgan fingerprint density at radius 3 is 2.62 bits per heavy atom. The van der Waals surface area contributed by atoms with Crippen molar-refractivity contribution in [2.45, 2.75) is 12.5 Å². The molecular formula is C9H13NO2S. The molecular weight excluding hydrogens is 186 g/mol. The summed E-state index contributed by atoms with van der Waals surface area (Å²) in [5.41, 5.74) is 0. The Morgan fingerprint density at radius 2 is 2.15 bits per heavy atom. The zero-order chi connectivity index (χ0) is 9.68. The molecule has 1 aromatic rings. The topological polar surface area (TPSA) is 42.2 Å². The molecule has 0 radical (unpaired) electrons. The van der Waals surface area contributed by atoms with Crippen molar-refractivity contribution in [2.24, 2.45) is 0 Å². The number of carboxylic acid groups (broad SMARTS) is 1. The highest BCUT2D eigenvalue weighted by Gasteiger charge is 2.17. The van der Waals surface area contributed by atoms with Crippen LogP contribution in [0, 0.1) is 0 Å². The molecule has 0 aliphatic heterocycles. The van der Waals surface area contributed by atoms with Crippen molar-refractivity contribution in [3.05, 3.63) is 24.5 Å².